The Morgan fingerprint density at radius 2 is 2.33 bits per heavy atom. The third kappa shape index (κ3) is 3.71. The van der Waals surface area contributed by atoms with E-state index in [1.165, 1.54) is 25.4 Å². The number of amides is 1. The zero-order valence-corrected chi connectivity index (χ0v) is 10.3. The summed E-state index contributed by atoms with van der Waals surface area (Å²) < 4.78 is 4.41. The fourth-order valence-corrected chi connectivity index (χ4v) is 1.24. The van der Waals surface area contributed by atoms with E-state index < -0.39 is 17.3 Å². The topological polar surface area (TPSA) is 92.1 Å². The molecule has 1 aromatic heterocycles. The Morgan fingerprint density at radius 3 is 2.83 bits per heavy atom. The molecule has 0 aliphatic carbocycles. The Kier molecular flexibility index (Phi) is 5.08. The first-order valence-electron chi connectivity index (χ1n) is 4.94. The normalized spacial score (nSPS) is 11.2. The molecule has 0 aromatic carbocycles. The van der Waals surface area contributed by atoms with E-state index in [1.54, 1.807) is 0 Å². The number of alkyl halides is 1. The molecule has 0 fully saturated rings. The van der Waals surface area contributed by atoms with Crippen LogP contribution in [0.4, 0.5) is 0 Å². The summed E-state index contributed by atoms with van der Waals surface area (Å²) in [5.74, 6) is -1.10. The van der Waals surface area contributed by atoms with Gasteiger partial charge < -0.3 is 10.1 Å². The van der Waals surface area contributed by atoms with Gasteiger partial charge in [0.05, 0.1) is 12.7 Å². The highest BCUT2D eigenvalue weighted by atomic mass is 35.5. The number of pyridine rings is 1. The van der Waals surface area contributed by atoms with E-state index in [2.05, 4.69) is 15.0 Å². The van der Waals surface area contributed by atoms with Crippen molar-refractivity contribution in [2.75, 3.05) is 13.7 Å². The number of ether oxygens (including phenoxy) is 1. The summed E-state index contributed by atoms with van der Waals surface area (Å²) >= 11 is 5.66. The average molecular weight is 268 g/mol. The summed E-state index contributed by atoms with van der Waals surface area (Å²) in [7, 11) is 1.21. The van der Waals surface area contributed by atoms with Gasteiger partial charge in [-0.25, -0.2) is 4.98 Å². The van der Waals surface area contributed by atoms with Crippen LogP contribution in [-0.2, 0) is 9.53 Å². The molecular weight excluding hydrogens is 258 g/mol. The summed E-state index contributed by atoms with van der Waals surface area (Å²) in [6.45, 7) is -0.0608. The summed E-state index contributed by atoms with van der Waals surface area (Å²) in [6, 6.07) is 4.77. The second kappa shape index (κ2) is 6.57. The Morgan fingerprint density at radius 1 is 1.61 bits per heavy atom. The average Bonchev–Trinajstić information content (AvgIpc) is 2.43. The number of carbonyl (C=O) groups excluding carboxylic acids is 2. The third-order valence-electron chi connectivity index (χ3n) is 2.02. The summed E-state index contributed by atoms with van der Waals surface area (Å²) in [5, 5.41) is 10.1. The van der Waals surface area contributed by atoms with Crippen molar-refractivity contribution in [3.8, 4) is 6.07 Å². The molecule has 0 radical (unpaired) electrons. The van der Waals surface area contributed by atoms with Crippen molar-refractivity contribution in [3.63, 3.8) is 0 Å². The van der Waals surface area contributed by atoms with Crippen LogP contribution in [0.5, 0.6) is 0 Å². The minimum Gasteiger partial charge on any atom is -0.468 e. The minimum absolute atomic E-state index is 0.0608. The molecule has 1 amide bonds. The number of methoxy groups -OCH3 is 1. The smallest absolute Gasteiger partial charge is 0.325 e. The van der Waals surface area contributed by atoms with Crippen LogP contribution >= 0.6 is 11.6 Å². The quantitative estimate of drug-likeness (QED) is 0.632. The molecule has 1 rings (SSSR count). The predicted octanol–water partition coefficient (Wildman–Crippen LogP) is 0.463. The van der Waals surface area contributed by atoms with Gasteiger partial charge in [-0.15, -0.1) is 11.6 Å². The van der Waals surface area contributed by atoms with Gasteiger partial charge in [-0.2, -0.15) is 5.26 Å². The van der Waals surface area contributed by atoms with Crippen molar-refractivity contribution in [2.24, 2.45) is 0 Å². The molecule has 94 valence electrons. The first-order valence-corrected chi connectivity index (χ1v) is 5.38. The number of nitrogens with zero attached hydrogens (tertiary/aromatic N) is 2. The molecule has 1 aromatic rings. The number of rotatable bonds is 4. The maximum atomic E-state index is 11.6. The summed E-state index contributed by atoms with van der Waals surface area (Å²) in [6.07, 6.45) is 1.29. The zero-order chi connectivity index (χ0) is 13.5. The highest BCUT2D eigenvalue weighted by Crippen LogP contribution is 2.00. The third-order valence-corrected chi connectivity index (χ3v) is 2.36. The van der Waals surface area contributed by atoms with Crippen LogP contribution in [-0.4, -0.2) is 35.9 Å². The SMILES string of the molecule is COC(=O)C(Cl)CNC(=O)c1ccc(C#N)cn1. The molecule has 0 aliphatic heterocycles. The molecule has 18 heavy (non-hydrogen) atoms. The first-order chi connectivity index (χ1) is 8.58. The number of aromatic nitrogens is 1. The molecular formula is C11H10ClN3O3. The summed E-state index contributed by atoms with van der Waals surface area (Å²) in [5.41, 5.74) is 0.499. The maximum Gasteiger partial charge on any atom is 0.325 e. The van der Waals surface area contributed by atoms with Crippen LogP contribution in [0.1, 0.15) is 16.1 Å². The van der Waals surface area contributed by atoms with Gasteiger partial charge in [0, 0.05) is 12.7 Å². The van der Waals surface area contributed by atoms with Crippen molar-refractivity contribution >= 4 is 23.5 Å². The van der Waals surface area contributed by atoms with Gasteiger partial charge in [0.2, 0.25) is 0 Å². The lowest BCUT2D eigenvalue weighted by molar-refractivity contribution is -0.140. The van der Waals surface area contributed by atoms with E-state index >= 15 is 0 Å². The van der Waals surface area contributed by atoms with Gasteiger partial charge in [-0.3, -0.25) is 9.59 Å². The Bertz CT molecular complexity index is 481. The molecule has 0 aliphatic rings. The Balaban J connectivity index is 2.55. The molecule has 0 saturated carbocycles. The molecule has 0 spiro atoms. The number of halogens is 1. The van der Waals surface area contributed by atoms with Crippen molar-refractivity contribution in [2.45, 2.75) is 5.38 Å². The van der Waals surface area contributed by atoms with Gasteiger partial charge in [0.1, 0.15) is 17.1 Å². The molecule has 1 heterocycles. The standard InChI is InChI=1S/C11H10ClN3O3/c1-18-11(17)8(12)6-15-10(16)9-3-2-7(4-13)5-14-9/h2-3,5,8H,6H2,1H3,(H,15,16). The Hall–Kier alpha value is -2.13. The van der Waals surface area contributed by atoms with Crippen molar-refractivity contribution in [1.82, 2.24) is 10.3 Å². The highest BCUT2D eigenvalue weighted by Gasteiger charge is 2.17. The number of hydrogen-bond donors (Lipinski definition) is 1. The van der Waals surface area contributed by atoms with Crippen LogP contribution in [0.2, 0.25) is 0 Å². The fourth-order valence-electron chi connectivity index (χ4n) is 1.08. The van der Waals surface area contributed by atoms with Gasteiger partial charge >= 0.3 is 5.97 Å². The number of carbonyl (C=O) groups is 2. The van der Waals surface area contributed by atoms with E-state index in [1.807, 2.05) is 6.07 Å². The van der Waals surface area contributed by atoms with E-state index in [0.717, 1.165) is 0 Å². The van der Waals surface area contributed by atoms with Crippen LogP contribution in [0.15, 0.2) is 18.3 Å². The molecule has 1 N–H and O–H groups in total. The molecule has 1 unspecified atom stereocenters. The van der Waals surface area contributed by atoms with E-state index in [0.29, 0.717) is 5.56 Å². The molecule has 0 bridgehead atoms. The van der Waals surface area contributed by atoms with E-state index in [-0.39, 0.29) is 12.2 Å². The zero-order valence-electron chi connectivity index (χ0n) is 9.51. The lowest BCUT2D eigenvalue weighted by Gasteiger charge is -2.08. The monoisotopic (exact) mass is 267 g/mol. The molecule has 7 heteroatoms. The molecule has 0 saturated heterocycles. The van der Waals surface area contributed by atoms with Crippen LogP contribution < -0.4 is 5.32 Å². The van der Waals surface area contributed by atoms with Crippen LogP contribution in [0, 0.1) is 11.3 Å². The van der Waals surface area contributed by atoms with Crippen molar-refractivity contribution < 1.29 is 14.3 Å². The minimum atomic E-state index is -0.947. The maximum absolute atomic E-state index is 11.6. The number of esters is 1. The van der Waals surface area contributed by atoms with E-state index in [9.17, 15) is 9.59 Å². The fraction of sp³-hybridized carbons (Fsp3) is 0.273. The molecule has 1 atom stereocenters. The first kappa shape index (κ1) is 13.9. The predicted molar refractivity (Wildman–Crippen MR) is 62.9 cm³/mol. The van der Waals surface area contributed by atoms with Crippen LogP contribution in [0.25, 0.3) is 0 Å². The second-order valence-corrected chi connectivity index (χ2v) is 3.77. The second-order valence-electron chi connectivity index (χ2n) is 3.24. The summed E-state index contributed by atoms with van der Waals surface area (Å²) in [4.78, 5) is 26.4. The van der Waals surface area contributed by atoms with Gasteiger partial charge in [0.25, 0.3) is 5.91 Å². The lowest BCUT2D eigenvalue weighted by Crippen LogP contribution is -2.34. The van der Waals surface area contributed by atoms with Gasteiger partial charge in [-0.05, 0) is 12.1 Å². The Labute approximate surface area is 109 Å². The van der Waals surface area contributed by atoms with E-state index in [4.69, 9.17) is 16.9 Å². The number of nitrogens with one attached hydrogen (secondary N) is 1. The highest BCUT2D eigenvalue weighted by molar-refractivity contribution is 6.30. The van der Waals surface area contributed by atoms with Crippen molar-refractivity contribution in [3.05, 3.63) is 29.6 Å². The van der Waals surface area contributed by atoms with Gasteiger partial charge in [0.15, 0.2) is 0 Å². The number of hydrogen-bond acceptors (Lipinski definition) is 5. The van der Waals surface area contributed by atoms with Crippen LogP contribution in [0.3, 0.4) is 0 Å². The van der Waals surface area contributed by atoms with Crippen molar-refractivity contribution in [1.29, 1.82) is 5.26 Å². The molecule has 6 nitrogen and oxygen atoms in total. The largest absolute Gasteiger partial charge is 0.468 e. The van der Waals surface area contributed by atoms with Gasteiger partial charge in [-0.1, -0.05) is 0 Å². The lowest BCUT2D eigenvalue weighted by atomic mass is 10.2. The number of nitriles is 1.